The largest absolute Gasteiger partial charge is 0.508 e. The molecule has 0 unspecified atom stereocenters. The number of amides is 2. The number of phenols is 1. The van der Waals surface area contributed by atoms with Gasteiger partial charge in [-0.2, -0.15) is 0 Å². The molecule has 1 heterocycles. The lowest BCUT2D eigenvalue weighted by Crippen LogP contribution is -2.19. The van der Waals surface area contributed by atoms with Gasteiger partial charge in [-0.25, -0.2) is 9.67 Å². The molecule has 3 rings (SSSR count). The zero-order valence-corrected chi connectivity index (χ0v) is 13.1. The highest BCUT2D eigenvalue weighted by molar-refractivity contribution is 6.03. The monoisotopic (exact) mass is 337 g/mol. The van der Waals surface area contributed by atoms with E-state index < -0.39 is 0 Å². The Morgan fingerprint density at radius 3 is 2.44 bits per heavy atom. The fourth-order valence-electron chi connectivity index (χ4n) is 2.08. The highest BCUT2D eigenvalue weighted by atomic mass is 16.3. The second kappa shape index (κ2) is 7.26. The van der Waals surface area contributed by atoms with Crippen molar-refractivity contribution >= 4 is 23.5 Å². The van der Waals surface area contributed by atoms with Gasteiger partial charge >= 0.3 is 0 Å². The Kier molecular flexibility index (Phi) is 4.70. The molecule has 126 valence electrons. The summed E-state index contributed by atoms with van der Waals surface area (Å²) in [6.45, 7) is -0.0604. The van der Waals surface area contributed by atoms with Crippen LogP contribution in [0.3, 0.4) is 0 Å². The number of rotatable bonds is 5. The van der Waals surface area contributed by atoms with Crippen LogP contribution in [0.4, 0.5) is 11.6 Å². The van der Waals surface area contributed by atoms with Gasteiger partial charge in [-0.05, 0) is 36.4 Å². The first-order valence-corrected chi connectivity index (χ1v) is 7.45. The number of nitrogens with one attached hydrogen (secondary N) is 2. The van der Waals surface area contributed by atoms with E-state index in [1.807, 2.05) is 6.07 Å². The maximum atomic E-state index is 12.0. The van der Waals surface area contributed by atoms with Gasteiger partial charge in [-0.3, -0.25) is 14.9 Å². The van der Waals surface area contributed by atoms with E-state index in [0.29, 0.717) is 11.3 Å². The quantitative estimate of drug-likeness (QED) is 0.616. The molecule has 0 saturated carbocycles. The van der Waals surface area contributed by atoms with Crippen molar-refractivity contribution in [3.8, 4) is 5.75 Å². The predicted molar refractivity (Wildman–Crippen MR) is 91.2 cm³/mol. The maximum absolute atomic E-state index is 12.0. The van der Waals surface area contributed by atoms with Gasteiger partial charge in [0.05, 0.1) is 0 Å². The molecule has 0 atom stereocenters. The summed E-state index contributed by atoms with van der Waals surface area (Å²) < 4.78 is 1.32. The number of hydrogen-bond donors (Lipinski definition) is 3. The lowest BCUT2D eigenvalue weighted by Gasteiger charge is -2.05. The number of anilines is 2. The fourth-order valence-corrected chi connectivity index (χ4v) is 2.08. The fraction of sp³-hybridized carbons (Fsp3) is 0.0588. The van der Waals surface area contributed by atoms with Crippen molar-refractivity contribution in [2.24, 2.45) is 0 Å². The predicted octanol–water partition coefficient (Wildman–Crippen LogP) is 1.87. The Bertz CT molecular complexity index is 875. The van der Waals surface area contributed by atoms with E-state index in [1.54, 1.807) is 36.4 Å². The molecule has 2 amide bonds. The van der Waals surface area contributed by atoms with Crippen LogP contribution in [0, 0.1) is 0 Å². The average Bonchev–Trinajstić information content (AvgIpc) is 3.04. The molecule has 8 nitrogen and oxygen atoms in total. The minimum absolute atomic E-state index is 0.0604. The number of carbonyl (C=O) groups excluding carboxylic acids is 2. The van der Waals surface area contributed by atoms with E-state index in [0.717, 1.165) is 0 Å². The van der Waals surface area contributed by atoms with Gasteiger partial charge in [0.1, 0.15) is 18.6 Å². The standard InChI is InChI=1S/C17H15N5O3/c23-14-8-6-13(7-9-14)19-15(24)10-22-11-18-17(21-22)20-16(25)12-4-2-1-3-5-12/h1-9,11,23H,10H2,(H,19,24)(H,20,21,25). The van der Waals surface area contributed by atoms with Crippen LogP contribution in [0.2, 0.25) is 0 Å². The minimum atomic E-state index is -0.327. The lowest BCUT2D eigenvalue weighted by molar-refractivity contribution is -0.116. The summed E-state index contributed by atoms with van der Waals surface area (Å²) in [4.78, 5) is 27.9. The van der Waals surface area contributed by atoms with Gasteiger partial charge in [0.15, 0.2) is 0 Å². The van der Waals surface area contributed by atoms with Crippen LogP contribution in [-0.2, 0) is 11.3 Å². The van der Waals surface area contributed by atoms with Crippen molar-refractivity contribution in [1.82, 2.24) is 14.8 Å². The van der Waals surface area contributed by atoms with Gasteiger partial charge < -0.3 is 10.4 Å². The number of aromatic hydroxyl groups is 1. The topological polar surface area (TPSA) is 109 Å². The summed E-state index contributed by atoms with van der Waals surface area (Å²) in [6.07, 6.45) is 1.36. The van der Waals surface area contributed by atoms with Crippen LogP contribution < -0.4 is 10.6 Å². The molecule has 0 aliphatic rings. The molecule has 3 aromatic rings. The minimum Gasteiger partial charge on any atom is -0.508 e. The summed E-state index contributed by atoms with van der Waals surface area (Å²) >= 11 is 0. The summed E-state index contributed by atoms with van der Waals surface area (Å²) in [6, 6.07) is 14.8. The number of nitrogens with zero attached hydrogens (tertiary/aromatic N) is 3. The third kappa shape index (κ3) is 4.41. The molecule has 0 aliphatic carbocycles. The molecule has 25 heavy (non-hydrogen) atoms. The molecule has 1 aromatic heterocycles. The average molecular weight is 337 g/mol. The SMILES string of the molecule is O=C(Cn1cnc(NC(=O)c2ccccc2)n1)Nc1ccc(O)cc1. The van der Waals surface area contributed by atoms with Gasteiger partial charge in [0.25, 0.3) is 5.91 Å². The van der Waals surface area contributed by atoms with Crippen LogP contribution >= 0.6 is 0 Å². The van der Waals surface area contributed by atoms with Crippen molar-refractivity contribution < 1.29 is 14.7 Å². The highest BCUT2D eigenvalue weighted by Gasteiger charge is 2.10. The van der Waals surface area contributed by atoms with Crippen LogP contribution in [-0.4, -0.2) is 31.7 Å². The first-order chi connectivity index (χ1) is 12.1. The molecule has 0 radical (unpaired) electrons. The Morgan fingerprint density at radius 1 is 1.00 bits per heavy atom. The Labute approximate surface area is 143 Å². The van der Waals surface area contributed by atoms with Crippen molar-refractivity contribution in [2.45, 2.75) is 6.54 Å². The Hall–Kier alpha value is -3.68. The van der Waals surface area contributed by atoms with E-state index in [1.165, 1.54) is 23.1 Å². The van der Waals surface area contributed by atoms with Gasteiger partial charge in [-0.1, -0.05) is 18.2 Å². The number of carbonyl (C=O) groups is 2. The Morgan fingerprint density at radius 2 is 1.72 bits per heavy atom. The first-order valence-electron chi connectivity index (χ1n) is 7.45. The van der Waals surface area contributed by atoms with Crippen molar-refractivity contribution in [3.63, 3.8) is 0 Å². The molecule has 0 fully saturated rings. The van der Waals surface area contributed by atoms with Crippen molar-refractivity contribution in [1.29, 1.82) is 0 Å². The molecule has 0 saturated heterocycles. The molecule has 8 heteroatoms. The number of aromatic nitrogens is 3. The third-order valence-electron chi connectivity index (χ3n) is 3.25. The highest BCUT2D eigenvalue weighted by Crippen LogP contribution is 2.13. The van der Waals surface area contributed by atoms with E-state index in [4.69, 9.17) is 0 Å². The smallest absolute Gasteiger partial charge is 0.258 e. The van der Waals surface area contributed by atoms with E-state index in [-0.39, 0.29) is 30.1 Å². The van der Waals surface area contributed by atoms with E-state index >= 15 is 0 Å². The van der Waals surface area contributed by atoms with Gasteiger partial charge in [0, 0.05) is 11.3 Å². The summed E-state index contributed by atoms with van der Waals surface area (Å²) in [5.74, 6) is -0.400. The summed E-state index contributed by atoms with van der Waals surface area (Å²) in [7, 11) is 0. The molecule has 3 N–H and O–H groups in total. The summed E-state index contributed by atoms with van der Waals surface area (Å²) in [5, 5.41) is 18.5. The second-order valence-corrected chi connectivity index (χ2v) is 5.18. The Balaban J connectivity index is 1.57. The molecular formula is C17H15N5O3. The lowest BCUT2D eigenvalue weighted by atomic mass is 10.2. The van der Waals surface area contributed by atoms with Crippen LogP contribution in [0.1, 0.15) is 10.4 Å². The zero-order chi connectivity index (χ0) is 17.6. The van der Waals surface area contributed by atoms with Crippen molar-refractivity contribution in [3.05, 3.63) is 66.5 Å². The normalized spacial score (nSPS) is 10.2. The maximum Gasteiger partial charge on any atom is 0.258 e. The second-order valence-electron chi connectivity index (χ2n) is 5.18. The molecule has 2 aromatic carbocycles. The molecule has 0 spiro atoms. The van der Waals surface area contributed by atoms with Crippen molar-refractivity contribution in [2.75, 3.05) is 10.6 Å². The van der Waals surface area contributed by atoms with Crippen LogP contribution in [0.15, 0.2) is 60.9 Å². The number of benzene rings is 2. The number of hydrogen-bond acceptors (Lipinski definition) is 5. The summed E-state index contributed by atoms with van der Waals surface area (Å²) in [5.41, 5.74) is 1.05. The third-order valence-corrected chi connectivity index (χ3v) is 3.25. The van der Waals surface area contributed by atoms with Gasteiger partial charge in [0.2, 0.25) is 11.9 Å². The first kappa shape index (κ1) is 16.2. The molecule has 0 bridgehead atoms. The van der Waals surface area contributed by atoms with Gasteiger partial charge in [-0.15, -0.1) is 5.10 Å². The molecular weight excluding hydrogens is 322 g/mol. The van der Waals surface area contributed by atoms with E-state index in [9.17, 15) is 14.7 Å². The van der Waals surface area contributed by atoms with E-state index in [2.05, 4.69) is 20.7 Å². The molecule has 0 aliphatic heterocycles. The van der Waals surface area contributed by atoms with Crippen LogP contribution in [0.5, 0.6) is 5.75 Å². The zero-order valence-electron chi connectivity index (χ0n) is 13.1. The number of phenolic OH excluding ortho intramolecular Hbond substituents is 1. The van der Waals surface area contributed by atoms with Crippen LogP contribution in [0.25, 0.3) is 0 Å².